The third kappa shape index (κ3) is 3.40. The number of aromatic nitrogens is 4. The summed E-state index contributed by atoms with van der Waals surface area (Å²) in [6, 6.07) is 7.65. The van der Waals surface area contributed by atoms with E-state index in [0.717, 1.165) is 11.3 Å². The number of rotatable bonds is 6. The van der Waals surface area contributed by atoms with Crippen LogP contribution in [0.4, 0.5) is 5.82 Å². The van der Waals surface area contributed by atoms with Gasteiger partial charge in [-0.25, -0.2) is 15.0 Å². The van der Waals surface area contributed by atoms with Crippen molar-refractivity contribution >= 4 is 17.0 Å². The Balaban J connectivity index is 1.58. The Labute approximate surface area is 166 Å². The fourth-order valence-electron chi connectivity index (χ4n) is 3.40. The van der Waals surface area contributed by atoms with Gasteiger partial charge in [0.05, 0.1) is 20.0 Å². The maximum absolute atomic E-state index is 10.5. The van der Waals surface area contributed by atoms with Crippen LogP contribution < -0.4 is 10.1 Å². The Morgan fingerprint density at radius 1 is 1.24 bits per heavy atom. The average molecular weight is 401 g/mol. The summed E-state index contributed by atoms with van der Waals surface area (Å²) in [7, 11) is 1.62. The van der Waals surface area contributed by atoms with Crippen LogP contribution in [0.1, 0.15) is 18.7 Å². The number of hydrogen-bond donors (Lipinski definition) is 4. The van der Waals surface area contributed by atoms with E-state index in [0.29, 0.717) is 23.5 Å². The lowest BCUT2D eigenvalue weighted by Crippen LogP contribution is -2.46. The van der Waals surface area contributed by atoms with E-state index in [1.165, 1.54) is 24.1 Å². The summed E-state index contributed by atoms with van der Waals surface area (Å²) in [5.41, 5.74) is 0.381. The van der Waals surface area contributed by atoms with Gasteiger partial charge >= 0.3 is 0 Å². The van der Waals surface area contributed by atoms with E-state index in [2.05, 4.69) is 20.3 Å². The van der Waals surface area contributed by atoms with Crippen LogP contribution in [0.25, 0.3) is 11.2 Å². The normalized spacial score (nSPS) is 26.7. The number of fused-ring (bicyclic) bond motifs is 1. The number of aliphatic hydroxyl groups is 3. The Bertz CT molecular complexity index is 990. The van der Waals surface area contributed by atoms with Gasteiger partial charge in [-0.2, -0.15) is 0 Å². The highest BCUT2D eigenvalue weighted by Gasteiger charge is 2.52. The van der Waals surface area contributed by atoms with Crippen LogP contribution in [-0.2, 0) is 11.3 Å². The molecule has 2 aromatic heterocycles. The van der Waals surface area contributed by atoms with E-state index in [4.69, 9.17) is 9.47 Å². The predicted octanol–water partition coefficient (Wildman–Crippen LogP) is 0.449. The van der Waals surface area contributed by atoms with Gasteiger partial charge in [-0.1, -0.05) is 12.1 Å². The molecule has 4 rings (SSSR count). The highest BCUT2D eigenvalue weighted by molar-refractivity contribution is 5.82. The molecule has 10 nitrogen and oxygen atoms in total. The van der Waals surface area contributed by atoms with E-state index in [1.807, 2.05) is 24.3 Å². The lowest BCUT2D eigenvalue weighted by atomic mass is 9.95. The van der Waals surface area contributed by atoms with Crippen molar-refractivity contribution in [3.63, 3.8) is 0 Å². The van der Waals surface area contributed by atoms with Gasteiger partial charge in [0, 0.05) is 6.54 Å². The molecular weight excluding hydrogens is 378 g/mol. The summed E-state index contributed by atoms with van der Waals surface area (Å²) in [6.45, 7) is 1.53. The predicted molar refractivity (Wildman–Crippen MR) is 103 cm³/mol. The Morgan fingerprint density at radius 2 is 2.00 bits per heavy atom. The van der Waals surface area contributed by atoms with Gasteiger partial charge in [-0.3, -0.25) is 4.57 Å². The number of anilines is 1. The number of hydrogen-bond acceptors (Lipinski definition) is 9. The zero-order chi connectivity index (χ0) is 20.6. The van der Waals surface area contributed by atoms with Crippen LogP contribution in [0.3, 0.4) is 0 Å². The van der Waals surface area contributed by atoms with Crippen molar-refractivity contribution < 1.29 is 24.8 Å². The monoisotopic (exact) mass is 401 g/mol. The van der Waals surface area contributed by atoms with Crippen molar-refractivity contribution in [3.8, 4) is 5.75 Å². The number of nitrogens with zero attached hydrogens (tertiary/aromatic N) is 4. The summed E-state index contributed by atoms with van der Waals surface area (Å²) >= 11 is 0. The lowest BCUT2D eigenvalue weighted by Gasteiger charge is -2.25. The first kappa shape index (κ1) is 19.5. The molecule has 0 unspecified atom stereocenters. The van der Waals surface area contributed by atoms with Gasteiger partial charge in [-0.15, -0.1) is 0 Å². The van der Waals surface area contributed by atoms with Crippen molar-refractivity contribution in [2.45, 2.75) is 37.5 Å². The second kappa shape index (κ2) is 7.56. The molecule has 0 saturated carbocycles. The molecule has 29 heavy (non-hydrogen) atoms. The zero-order valence-electron chi connectivity index (χ0n) is 16.1. The second-order valence-electron chi connectivity index (χ2n) is 7.12. The van der Waals surface area contributed by atoms with Crippen LogP contribution in [-0.4, -0.2) is 66.4 Å². The topological polar surface area (TPSA) is 135 Å². The highest BCUT2D eigenvalue weighted by atomic mass is 16.6. The SMILES string of the molecule is COc1ccc(CNc2ncnc3c2ncn3[C@@H]2O[C@H](CO)[C@@](C)(O)[C@H]2O)cc1. The maximum atomic E-state index is 10.5. The minimum atomic E-state index is -1.60. The van der Waals surface area contributed by atoms with Crippen LogP contribution >= 0.6 is 0 Å². The number of benzene rings is 1. The summed E-state index contributed by atoms with van der Waals surface area (Å²) in [6.07, 6.45) is -0.254. The van der Waals surface area contributed by atoms with Crippen molar-refractivity contribution in [1.29, 1.82) is 0 Å². The Kier molecular flexibility index (Phi) is 5.09. The molecule has 0 spiro atoms. The molecule has 0 aliphatic carbocycles. The Hall–Kier alpha value is -2.79. The first-order valence-corrected chi connectivity index (χ1v) is 9.16. The molecule has 0 radical (unpaired) electrons. The molecule has 3 heterocycles. The van der Waals surface area contributed by atoms with E-state index >= 15 is 0 Å². The van der Waals surface area contributed by atoms with Gasteiger partial charge < -0.3 is 30.1 Å². The zero-order valence-corrected chi connectivity index (χ0v) is 16.1. The lowest BCUT2D eigenvalue weighted by molar-refractivity contribution is -0.0804. The van der Waals surface area contributed by atoms with E-state index in [1.54, 1.807) is 7.11 Å². The summed E-state index contributed by atoms with van der Waals surface area (Å²) in [5.74, 6) is 1.31. The molecule has 1 fully saturated rings. The quantitative estimate of drug-likeness (QED) is 0.464. The van der Waals surface area contributed by atoms with Gasteiger partial charge in [0.15, 0.2) is 23.2 Å². The van der Waals surface area contributed by atoms with Crippen molar-refractivity contribution in [2.24, 2.45) is 0 Å². The molecule has 3 aromatic rings. The van der Waals surface area contributed by atoms with Crippen LogP contribution in [0.5, 0.6) is 5.75 Å². The number of nitrogens with one attached hydrogen (secondary N) is 1. The highest BCUT2D eigenvalue weighted by Crippen LogP contribution is 2.38. The summed E-state index contributed by atoms with van der Waals surface area (Å²) in [5, 5.41) is 33.6. The summed E-state index contributed by atoms with van der Waals surface area (Å²) < 4.78 is 12.4. The number of ether oxygens (including phenoxy) is 2. The van der Waals surface area contributed by atoms with E-state index < -0.39 is 30.6 Å². The van der Waals surface area contributed by atoms with Crippen LogP contribution in [0.2, 0.25) is 0 Å². The molecule has 1 aliphatic rings. The van der Waals surface area contributed by atoms with Gasteiger partial charge in [0.2, 0.25) is 0 Å². The molecule has 4 N–H and O–H groups in total. The smallest absolute Gasteiger partial charge is 0.167 e. The standard InChI is InChI=1S/C19H23N5O5/c1-19(27)13(8-25)29-18(15(19)26)24-10-23-14-16(21-9-22-17(14)24)20-7-11-3-5-12(28-2)6-4-11/h3-6,9-10,13,15,18,25-27H,7-8H2,1-2H3,(H,20,21,22)/t13-,15+,18-,19-/m1/s1. The summed E-state index contributed by atoms with van der Waals surface area (Å²) in [4.78, 5) is 12.9. The third-order valence-corrected chi connectivity index (χ3v) is 5.24. The molecule has 1 saturated heterocycles. The Morgan fingerprint density at radius 3 is 2.66 bits per heavy atom. The number of imidazole rings is 1. The minimum absolute atomic E-state index is 0.420. The molecule has 4 atom stereocenters. The molecule has 154 valence electrons. The molecule has 1 aromatic carbocycles. The van der Waals surface area contributed by atoms with Crippen molar-refractivity contribution in [1.82, 2.24) is 19.5 Å². The van der Waals surface area contributed by atoms with Crippen LogP contribution in [0.15, 0.2) is 36.9 Å². The first-order chi connectivity index (χ1) is 14.0. The first-order valence-electron chi connectivity index (χ1n) is 9.16. The van der Waals surface area contributed by atoms with E-state index in [-0.39, 0.29) is 0 Å². The second-order valence-corrected chi connectivity index (χ2v) is 7.12. The number of aliphatic hydroxyl groups excluding tert-OH is 2. The molecular formula is C19H23N5O5. The van der Waals surface area contributed by atoms with E-state index in [9.17, 15) is 15.3 Å². The number of methoxy groups -OCH3 is 1. The largest absolute Gasteiger partial charge is 0.497 e. The van der Waals surface area contributed by atoms with Crippen molar-refractivity contribution in [2.75, 3.05) is 19.0 Å². The van der Waals surface area contributed by atoms with Crippen molar-refractivity contribution in [3.05, 3.63) is 42.5 Å². The molecule has 0 bridgehead atoms. The molecule has 0 amide bonds. The fraction of sp³-hybridized carbons (Fsp3) is 0.421. The van der Waals surface area contributed by atoms with Crippen LogP contribution in [0, 0.1) is 0 Å². The fourth-order valence-corrected chi connectivity index (χ4v) is 3.40. The van der Waals surface area contributed by atoms with Gasteiger partial charge in [0.25, 0.3) is 0 Å². The van der Waals surface area contributed by atoms with Gasteiger partial charge in [0.1, 0.15) is 29.9 Å². The maximum Gasteiger partial charge on any atom is 0.167 e. The average Bonchev–Trinajstić information content (AvgIpc) is 3.26. The molecule has 1 aliphatic heterocycles. The van der Waals surface area contributed by atoms with Gasteiger partial charge in [-0.05, 0) is 24.6 Å². The minimum Gasteiger partial charge on any atom is -0.497 e. The third-order valence-electron chi connectivity index (χ3n) is 5.24. The molecule has 10 heteroatoms.